The van der Waals surface area contributed by atoms with Crippen molar-refractivity contribution < 1.29 is 22.7 Å². The highest BCUT2D eigenvalue weighted by Gasteiger charge is 2.28. The molecule has 0 bridgehead atoms. The van der Waals surface area contributed by atoms with Gasteiger partial charge in [-0.2, -0.15) is 13.2 Å². The summed E-state index contributed by atoms with van der Waals surface area (Å²) in [6, 6.07) is 17.9. The van der Waals surface area contributed by atoms with E-state index in [1.54, 1.807) is 0 Å². The fraction of sp³-hybridized carbons (Fsp3) is 0.235. The molecule has 0 radical (unpaired) electrons. The van der Waals surface area contributed by atoms with Gasteiger partial charge in [0.05, 0.1) is 6.04 Å². The first kappa shape index (κ1) is 17.0. The van der Waals surface area contributed by atoms with Crippen LogP contribution in [0.25, 0.3) is 0 Å². The molecule has 0 unspecified atom stereocenters. The van der Waals surface area contributed by atoms with Crippen molar-refractivity contribution in [3.05, 3.63) is 71.8 Å². The second kappa shape index (κ2) is 7.78. The molecular weight excluding hydrogens is 307 g/mol. The summed E-state index contributed by atoms with van der Waals surface area (Å²) in [6.45, 7) is -2.09. The Morgan fingerprint density at radius 1 is 0.957 bits per heavy atom. The average Bonchev–Trinajstić information content (AvgIpc) is 2.53. The molecular formula is C17H16F3NO2. The first-order valence-corrected chi connectivity index (χ1v) is 6.99. The van der Waals surface area contributed by atoms with E-state index in [2.05, 4.69) is 10.1 Å². The molecule has 0 spiro atoms. The molecule has 2 rings (SSSR count). The Morgan fingerprint density at radius 3 is 1.87 bits per heavy atom. The fourth-order valence-electron chi connectivity index (χ4n) is 2.11. The SMILES string of the molecule is O=C(COCC(F)(F)F)NC(c1ccccc1)c1ccccc1. The highest BCUT2D eigenvalue weighted by atomic mass is 19.4. The van der Waals surface area contributed by atoms with Crippen LogP contribution in [0.1, 0.15) is 17.2 Å². The molecule has 0 saturated heterocycles. The lowest BCUT2D eigenvalue weighted by Gasteiger charge is -2.20. The molecule has 0 aliphatic rings. The number of amides is 1. The van der Waals surface area contributed by atoms with Crippen LogP contribution in [0.5, 0.6) is 0 Å². The van der Waals surface area contributed by atoms with Gasteiger partial charge in [-0.25, -0.2) is 0 Å². The molecule has 23 heavy (non-hydrogen) atoms. The number of hydrogen-bond acceptors (Lipinski definition) is 2. The van der Waals surface area contributed by atoms with Crippen molar-refractivity contribution in [3.8, 4) is 0 Å². The third-order valence-corrected chi connectivity index (χ3v) is 3.07. The van der Waals surface area contributed by atoms with E-state index in [0.717, 1.165) is 11.1 Å². The van der Waals surface area contributed by atoms with Crippen molar-refractivity contribution in [2.24, 2.45) is 0 Å². The molecule has 0 heterocycles. The number of carbonyl (C=O) groups is 1. The zero-order valence-electron chi connectivity index (χ0n) is 12.2. The number of rotatable bonds is 6. The predicted molar refractivity (Wildman–Crippen MR) is 79.7 cm³/mol. The van der Waals surface area contributed by atoms with Crippen LogP contribution in [0.4, 0.5) is 13.2 Å². The lowest BCUT2D eigenvalue weighted by Crippen LogP contribution is -2.33. The molecule has 2 aromatic rings. The summed E-state index contributed by atoms with van der Waals surface area (Å²) in [7, 11) is 0. The maximum absolute atomic E-state index is 12.0. The summed E-state index contributed by atoms with van der Waals surface area (Å²) in [5.41, 5.74) is 1.67. The van der Waals surface area contributed by atoms with Crippen LogP contribution in [0.3, 0.4) is 0 Å². The van der Waals surface area contributed by atoms with Crippen molar-refractivity contribution in [1.82, 2.24) is 5.32 Å². The van der Waals surface area contributed by atoms with E-state index in [9.17, 15) is 18.0 Å². The molecule has 0 aliphatic heterocycles. The molecule has 1 N–H and O–H groups in total. The minimum Gasteiger partial charge on any atom is -0.362 e. The van der Waals surface area contributed by atoms with Crippen LogP contribution >= 0.6 is 0 Å². The van der Waals surface area contributed by atoms with Crippen LogP contribution in [-0.4, -0.2) is 25.3 Å². The predicted octanol–water partition coefficient (Wildman–Crippen LogP) is 3.47. The van der Waals surface area contributed by atoms with Gasteiger partial charge in [-0.05, 0) is 11.1 Å². The Labute approximate surface area is 132 Å². The molecule has 0 saturated carbocycles. The minimum atomic E-state index is -4.45. The number of carbonyl (C=O) groups excluding carboxylic acids is 1. The molecule has 6 heteroatoms. The number of nitrogens with one attached hydrogen (secondary N) is 1. The van der Waals surface area contributed by atoms with Gasteiger partial charge in [0.2, 0.25) is 5.91 Å². The number of hydrogen-bond donors (Lipinski definition) is 1. The Balaban J connectivity index is 2.05. The Morgan fingerprint density at radius 2 is 1.43 bits per heavy atom. The van der Waals surface area contributed by atoms with Gasteiger partial charge < -0.3 is 10.1 Å². The summed E-state index contributed by atoms with van der Waals surface area (Å²) >= 11 is 0. The smallest absolute Gasteiger partial charge is 0.362 e. The summed E-state index contributed by atoms with van der Waals surface area (Å²) in [6.07, 6.45) is -4.45. The van der Waals surface area contributed by atoms with E-state index in [1.807, 2.05) is 60.7 Å². The molecule has 122 valence electrons. The van der Waals surface area contributed by atoms with Gasteiger partial charge in [0.15, 0.2) is 0 Å². The van der Waals surface area contributed by atoms with Gasteiger partial charge >= 0.3 is 6.18 Å². The quantitative estimate of drug-likeness (QED) is 0.884. The summed E-state index contributed by atoms with van der Waals surface area (Å²) in [4.78, 5) is 11.9. The topological polar surface area (TPSA) is 38.3 Å². The van der Waals surface area contributed by atoms with Crippen LogP contribution in [0.2, 0.25) is 0 Å². The molecule has 0 atom stereocenters. The van der Waals surface area contributed by atoms with Gasteiger partial charge in [-0.3, -0.25) is 4.79 Å². The zero-order chi connectivity index (χ0) is 16.7. The number of halogens is 3. The highest BCUT2D eigenvalue weighted by Crippen LogP contribution is 2.21. The summed E-state index contributed by atoms with van der Waals surface area (Å²) < 4.78 is 40.5. The zero-order valence-corrected chi connectivity index (χ0v) is 12.2. The molecule has 0 aromatic heterocycles. The van der Waals surface area contributed by atoms with Gasteiger partial charge in [0.25, 0.3) is 0 Å². The number of ether oxygens (including phenoxy) is 1. The lowest BCUT2D eigenvalue weighted by atomic mass is 9.99. The molecule has 3 nitrogen and oxygen atoms in total. The third kappa shape index (κ3) is 5.75. The fourth-order valence-corrected chi connectivity index (χ4v) is 2.11. The average molecular weight is 323 g/mol. The van der Waals surface area contributed by atoms with Crippen LogP contribution in [0, 0.1) is 0 Å². The van der Waals surface area contributed by atoms with E-state index in [0.29, 0.717) is 0 Å². The third-order valence-electron chi connectivity index (χ3n) is 3.07. The van der Waals surface area contributed by atoms with Gasteiger partial charge in [-0.1, -0.05) is 60.7 Å². The number of alkyl halides is 3. The van der Waals surface area contributed by atoms with Gasteiger partial charge in [0, 0.05) is 0 Å². The van der Waals surface area contributed by atoms with E-state index in [1.165, 1.54) is 0 Å². The van der Waals surface area contributed by atoms with Crippen molar-refractivity contribution in [3.63, 3.8) is 0 Å². The van der Waals surface area contributed by atoms with Gasteiger partial charge in [-0.15, -0.1) is 0 Å². The van der Waals surface area contributed by atoms with Crippen molar-refractivity contribution in [1.29, 1.82) is 0 Å². The van der Waals surface area contributed by atoms with Crippen molar-refractivity contribution in [2.45, 2.75) is 12.2 Å². The van der Waals surface area contributed by atoms with Crippen LogP contribution in [0.15, 0.2) is 60.7 Å². The normalized spacial score (nSPS) is 11.5. The van der Waals surface area contributed by atoms with Crippen molar-refractivity contribution >= 4 is 5.91 Å². The van der Waals surface area contributed by atoms with E-state index >= 15 is 0 Å². The lowest BCUT2D eigenvalue weighted by molar-refractivity contribution is -0.175. The molecule has 0 fully saturated rings. The second-order valence-corrected chi connectivity index (χ2v) is 4.93. The standard InChI is InChI=1S/C17H16F3NO2/c18-17(19,20)12-23-11-15(22)21-16(13-7-3-1-4-8-13)14-9-5-2-6-10-14/h1-10,16H,11-12H2,(H,21,22). The molecule has 2 aromatic carbocycles. The maximum atomic E-state index is 12.0. The highest BCUT2D eigenvalue weighted by molar-refractivity contribution is 5.78. The number of benzene rings is 2. The minimum absolute atomic E-state index is 0.445. The summed E-state index contributed by atoms with van der Waals surface area (Å²) in [5.74, 6) is -0.605. The largest absolute Gasteiger partial charge is 0.411 e. The van der Waals surface area contributed by atoms with Crippen molar-refractivity contribution in [2.75, 3.05) is 13.2 Å². The van der Waals surface area contributed by atoms with E-state index in [-0.39, 0.29) is 0 Å². The first-order valence-electron chi connectivity index (χ1n) is 6.99. The second-order valence-electron chi connectivity index (χ2n) is 4.93. The van der Waals surface area contributed by atoms with Gasteiger partial charge in [0.1, 0.15) is 13.2 Å². The van der Waals surface area contributed by atoms with Crippen LogP contribution in [-0.2, 0) is 9.53 Å². The Kier molecular flexibility index (Phi) is 5.76. The van der Waals surface area contributed by atoms with Crippen LogP contribution < -0.4 is 5.32 Å². The Hall–Kier alpha value is -2.34. The molecule has 0 aliphatic carbocycles. The summed E-state index contributed by atoms with van der Waals surface area (Å²) in [5, 5.41) is 2.70. The maximum Gasteiger partial charge on any atom is 0.411 e. The first-order chi connectivity index (χ1) is 11.0. The van der Waals surface area contributed by atoms with E-state index in [4.69, 9.17) is 0 Å². The van der Waals surface area contributed by atoms with E-state index < -0.39 is 31.3 Å². The monoisotopic (exact) mass is 323 g/mol. The molecule has 1 amide bonds. The Bertz CT molecular complexity index is 575.